The third-order valence-electron chi connectivity index (χ3n) is 4.98. The van der Waals surface area contributed by atoms with Crippen molar-refractivity contribution in [1.82, 2.24) is 4.90 Å². The van der Waals surface area contributed by atoms with Gasteiger partial charge in [-0.1, -0.05) is 48.0 Å². The van der Waals surface area contributed by atoms with Crippen LogP contribution in [-0.4, -0.2) is 30.4 Å². The minimum Gasteiger partial charge on any atom is -0.325 e. The van der Waals surface area contributed by atoms with Gasteiger partial charge in [-0.3, -0.25) is 9.69 Å². The van der Waals surface area contributed by atoms with Crippen LogP contribution in [0.15, 0.2) is 48.5 Å². The number of hydrogen-bond acceptors (Lipinski definition) is 2. The highest BCUT2D eigenvalue weighted by Gasteiger charge is 2.21. The molecular weight excluding hydrogens is 332 g/mol. The van der Waals surface area contributed by atoms with E-state index in [9.17, 15) is 4.79 Å². The predicted molar refractivity (Wildman–Crippen MR) is 104 cm³/mol. The molecule has 2 aromatic carbocycles. The average Bonchev–Trinajstić information content (AvgIpc) is 2.62. The molecule has 0 spiro atoms. The van der Waals surface area contributed by atoms with Crippen LogP contribution in [0, 0.1) is 12.8 Å². The van der Waals surface area contributed by atoms with E-state index in [0.717, 1.165) is 49.5 Å². The summed E-state index contributed by atoms with van der Waals surface area (Å²) in [5.41, 5.74) is 3.13. The van der Waals surface area contributed by atoms with Crippen molar-refractivity contribution in [3.63, 3.8) is 0 Å². The summed E-state index contributed by atoms with van der Waals surface area (Å²) in [5.74, 6) is 0.753. The molecule has 4 heteroatoms. The lowest BCUT2D eigenvalue weighted by molar-refractivity contribution is -0.117. The zero-order valence-corrected chi connectivity index (χ0v) is 15.4. The van der Waals surface area contributed by atoms with Crippen molar-refractivity contribution in [3.8, 4) is 0 Å². The number of piperidine rings is 1. The maximum Gasteiger partial charge on any atom is 0.238 e. The maximum atomic E-state index is 12.3. The number of anilines is 1. The summed E-state index contributed by atoms with van der Waals surface area (Å²) >= 11 is 6.11. The first-order chi connectivity index (χ1) is 12.1. The van der Waals surface area contributed by atoms with Gasteiger partial charge < -0.3 is 5.32 Å². The molecule has 1 saturated heterocycles. The van der Waals surface area contributed by atoms with Crippen LogP contribution in [-0.2, 0) is 11.2 Å². The molecule has 132 valence electrons. The SMILES string of the molecule is Cc1c(Cl)cccc1NC(=O)CN1CCC(Cc2ccccc2)CC1. The van der Waals surface area contributed by atoms with E-state index in [0.29, 0.717) is 11.6 Å². The lowest BCUT2D eigenvalue weighted by atomic mass is 9.90. The Morgan fingerprint density at radius 2 is 1.84 bits per heavy atom. The molecule has 0 atom stereocenters. The Bertz CT molecular complexity index is 709. The van der Waals surface area contributed by atoms with Gasteiger partial charge in [-0.15, -0.1) is 0 Å². The number of nitrogens with zero attached hydrogens (tertiary/aromatic N) is 1. The summed E-state index contributed by atoms with van der Waals surface area (Å²) in [4.78, 5) is 14.6. The summed E-state index contributed by atoms with van der Waals surface area (Å²) in [6.07, 6.45) is 3.44. The topological polar surface area (TPSA) is 32.3 Å². The molecular formula is C21H25ClN2O. The molecule has 0 unspecified atom stereocenters. The molecule has 1 N–H and O–H groups in total. The summed E-state index contributed by atoms with van der Waals surface area (Å²) in [6, 6.07) is 16.3. The first kappa shape index (κ1) is 18.0. The van der Waals surface area contributed by atoms with Crippen molar-refractivity contribution in [2.75, 3.05) is 25.0 Å². The van der Waals surface area contributed by atoms with Crippen molar-refractivity contribution < 1.29 is 4.79 Å². The van der Waals surface area contributed by atoms with Gasteiger partial charge in [0.15, 0.2) is 0 Å². The highest BCUT2D eigenvalue weighted by molar-refractivity contribution is 6.31. The number of rotatable bonds is 5. The summed E-state index contributed by atoms with van der Waals surface area (Å²) < 4.78 is 0. The van der Waals surface area contributed by atoms with Crippen molar-refractivity contribution >= 4 is 23.2 Å². The van der Waals surface area contributed by atoms with Crippen LogP contribution >= 0.6 is 11.6 Å². The van der Waals surface area contributed by atoms with Gasteiger partial charge in [-0.05, 0) is 68.5 Å². The van der Waals surface area contributed by atoms with Crippen LogP contribution in [0.2, 0.25) is 5.02 Å². The van der Waals surface area contributed by atoms with Gasteiger partial charge in [0.25, 0.3) is 0 Å². The summed E-state index contributed by atoms with van der Waals surface area (Å²) in [5, 5.41) is 3.66. The first-order valence-electron chi connectivity index (χ1n) is 8.93. The fourth-order valence-corrected chi connectivity index (χ4v) is 3.61. The Labute approximate surface area is 155 Å². The molecule has 0 bridgehead atoms. The summed E-state index contributed by atoms with van der Waals surface area (Å²) in [7, 11) is 0. The molecule has 25 heavy (non-hydrogen) atoms. The second-order valence-corrected chi connectivity index (χ2v) is 7.28. The number of carbonyl (C=O) groups excluding carboxylic acids is 1. The molecule has 2 aromatic rings. The number of amides is 1. The standard InChI is InChI=1S/C21H25ClN2O/c1-16-19(22)8-5-9-20(16)23-21(25)15-24-12-10-18(11-13-24)14-17-6-3-2-4-7-17/h2-9,18H,10-15H2,1H3,(H,23,25). The lowest BCUT2D eigenvalue weighted by Gasteiger charge is -2.31. The van der Waals surface area contributed by atoms with E-state index < -0.39 is 0 Å². The first-order valence-corrected chi connectivity index (χ1v) is 9.31. The minimum absolute atomic E-state index is 0.0341. The highest BCUT2D eigenvalue weighted by atomic mass is 35.5. The third kappa shape index (κ3) is 5.07. The van der Waals surface area contributed by atoms with E-state index >= 15 is 0 Å². The number of benzene rings is 2. The molecule has 1 aliphatic heterocycles. The van der Waals surface area contributed by atoms with Crippen LogP contribution in [0.25, 0.3) is 0 Å². The van der Waals surface area contributed by atoms with E-state index in [1.807, 2.05) is 25.1 Å². The Morgan fingerprint density at radius 1 is 1.12 bits per heavy atom. The zero-order chi connectivity index (χ0) is 17.6. The highest BCUT2D eigenvalue weighted by Crippen LogP contribution is 2.24. The molecule has 1 amide bonds. The van der Waals surface area contributed by atoms with Crippen molar-refractivity contribution in [3.05, 3.63) is 64.7 Å². The lowest BCUT2D eigenvalue weighted by Crippen LogP contribution is -2.39. The third-order valence-corrected chi connectivity index (χ3v) is 5.39. The molecule has 1 aliphatic rings. The Kier molecular flexibility index (Phi) is 6.11. The van der Waals surface area contributed by atoms with Gasteiger partial charge in [-0.2, -0.15) is 0 Å². The average molecular weight is 357 g/mol. The number of halogens is 1. The van der Waals surface area contributed by atoms with Crippen molar-refractivity contribution in [2.24, 2.45) is 5.92 Å². The van der Waals surface area contributed by atoms with Gasteiger partial charge in [0, 0.05) is 10.7 Å². The molecule has 1 heterocycles. The van der Waals surface area contributed by atoms with Gasteiger partial charge in [0.1, 0.15) is 0 Å². The van der Waals surface area contributed by atoms with E-state index in [1.165, 1.54) is 5.56 Å². The molecule has 1 fully saturated rings. The van der Waals surface area contributed by atoms with E-state index in [-0.39, 0.29) is 5.91 Å². The zero-order valence-electron chi connectivity index (χ0n) is 14.7. The van der Waals surface area contributed by atoms with E-state index in [1.54, 1.807) is 0 Å². The smallest absolute Gasteiger partial charge is 0.238 e. The number of nitrogens with one attached hydrogen (secondary N) is 1. The number of carbonyl (C=O) groups is 1. The second-order valence-electron chi connectivity index (χ2n) is 6.87. The predicted octanol–water partition coefficient (Wildman–Crippen LogP) is 4.54. The van der Waals surface area contributed by atoms with Crippen LogP contribution < -0.4 is 5.32 Å². The quantitative estimate of drug-likeness (QED) is 0.852. The van der Waals surface area contributed by atoms with Crippen molar-refractivity contribution in [1.29, 1.82) is 0 Å². The Hall–Kier alpha value is -1.84. The number of likely N-dealkylation sites (tertiary alicyclic amines) is 1. The van der Waals surface area contributed by atoms with Crippen LogP contribution in [0.5, 0.6) is 0 Å². The second kappa shape index (κ2) is 8.50. The van der Waals surface area contributed by atoms with Gasteiger partial charge >= 0.3 is 0 Å². The van der Waals surface area contributed by atoms with Crippen LogP contribution in [0.1, 0.15) is 24.0 Å². The molecule has 0 radical (unpaired) electrons. The van der Waals surface area contributed by atoms with Crippen LogP contribution in [0.4, 0.5) is 5.69 Å². The van der Waals surface area contributed by atoms with Gasteiger partial charge in [-0.25, -0.2) is 0 Å². The molecule has 0 aromatic heterocycles. The van der Waals surface area contributed by atoms with Gasteiger partial charge in [0.05, 0.1) is 6.54 Å². The van der Waals surface area contributed by atoms with E-state index in [2.05, 4.69) is 40.5 Å². The van der Waals surface area contributed by atoms with E-state index in [4.69, 9.17) is 11.6 Å². The normalized spacial score (nSPS) is 15.9. The largest absolute Gasteiger partial charge is 0.325 e. The fraction of sp³-hybridized carbons (Fsp3) is 0.381. The minimum atomic E-state index is 0.0341. The monoisotopic (exact) mass is 356 g/mol. The maximum absolute atomic E-state index is 12.3. The van der Waals surface area contributed by atoms with Crippen molar-refractivity contribution in [2.45, 2.75) is 26.2 Å². The number of hydrogen-bond donors (Lipinski definition) is 1. The summed E-state index contributed by atoms with van der Waals surface area (Å²) in [6.45, 7) is 4.34. The Balaban J connectivity index is 1.45. The van der Waals surface area contributed by atoms with Gasteiger partial charge in [0.2, 0.25) is 5.91 Å². The van der Waals surface area contributed by atoms with Crippen LogP contribution in [0.3, 0.4) is 0 Å². The molecule has 0 aliphatic carbocycles. The Morgan fingerprint density at radius 3 is 2.56 bits per heavy atom. The molecule has 3 nitrogen and oxygen atoms in total. The molecule has 0 saturated carbocycles. The molecule has 3 rings (SSSR count). The fourth-order valence-electron chi connectivity index (χ4n) is 3.43.